The van der Waals surface area contributed by atoms with Crippen LogP contribution < -0.4 is 0 Å². The Kier molecular flexibility index (Phi) is 2.58. The number of rotatable bonds is 1. The van der Waals surface area contributed by atoms with E-state index in [9.17, 15) is 5.11 Å². The molecule has 1 nitrogen and oxygen atoms in total. The second-order valence-electron chi connectivity index (χ2n) is 3.88. The molecular formula is C13H16O. The summed E-state index contributed by atoms with van der Waals surface area (Å²) in [7, 11) is 0. The molecule has 0 unspecified atom stereocenters. The zero-order valence-electron chi connectivity index (χ0n) is 8.59. The van der Waals surface area contributed by atoms with Crippen LogP contribution in [0.3, 0.4) is 0 Å². The highest BCUT2D eigenvalue weighted by molar-refractivity contribution is 5.56. The van der Waals surface area contributed by atoms with Crippen molar-refractivity contribution in [1.82, 2.24) is 0 Å². The molecule has 0 bridgehead atoms. The molecule has 0 spiro atoms. The summed E-state index contributed by atoms with van der Waals surface area (Å²) in [6.07, 6.45) is 8.67. The number of allylic oxidation sites excluding steroid dienone is 1. The Hall–Kier alpha value is -1.24. The molecule has 2 rings (SSSR count). The Morgan fingerprint density at radius 1 is 1.21 bits per heavy atom. The zero-order chi connectivity index (χ0) is 9.97. The third kappa shape index (κ3) is 1.67. The van der Waals surface area contributed by atoms with E-state index in [0.29, 0.717) is 5.75 Å². The molecule has 1 aliphatic rings. The molecule has 14 heavy (non-hydrogen) atoms. The largest absolute Gasteiger partial charge is 0.508 e. The van der Waals surface area contributed by atoms with Gasteiger partial charge in [-0.05, 0) is 55.4 Å². The fourth-order valence-corrected chi connectivity index (χ4v) is 2.16. The van der Waals surface area contributed by atoms with Crippen molar-refractivity contribution < 1.29 is 5.11 Å². The van der Waals surface area contributed by atoms with E-state index < -0.39 is 0 Å². The van der Waals surface area contributed by atoms with Crippen LogP contribution >= 0.6 is 0 Å². The summed E-state index contributed by atoms with van der Waals surface area (Å²) in [5.41, 5.74) is 3.62. The van der Waals surface area contributed by atoms with E-state index in [4.69, 9.17) is 0 Å². The Balaban J connectivity index is 2.46. The maximum absolute atomic E-state index is 9.83. The topological polar surface area (TPSA) is 20.2 Å². The number of hydrogen-bond acceptors (Lipinski definition) is 1. The van der Waals surface area contributed by atoms with Gasteiger partial charge >= 0.3 is 0 Å². The number of aryl methyl sites for hydroxylation is 1. The van der Waals surface area contributed by atoms with Gasteiger partial charge in [0, 0.05) is 0 Å². The SMILES string of the molecule is C/C=C/c1cc(O)c2c(c1)CCCC2. The predicted molar refractivity (Wildman–Crippen MR) is 59.5 cm³/mol. The van der Waals surface area contributed by atoms with E-state index in [1.165, 1.54) is 24.0 Å². The standard InChI is InChI=1S/C13H16O/c1-2-5-10-8-11-6-3-4-7-12(11)13(14)9-10/h2,5,8-9,14H,3-4,6-7H2,1H3/b5-2+. The first-order valence-electron chi connectivity index (χ1n) is 5.28. The summed E-state index contributed by atoms with van der Waals surface area (Å²) >= 11 is 0. The summed E-state index contributed by atoms with van der Waals surface area (Å²) in [5.74, 6) is 0.482. The molecule has 1 N–H and O–H groups in total. The van der Waals surface area contributed by atoms with Crippen LogP contribution in [-0.2, 0) is 12.8 Å². The average Bonchev–Trinajstić information content (AvgIpc) is 2.18. The van der Waals surface area contributed by atoms with Gasteiger partial charge in [-0.2, -0.15) is 0 Å². The van der Waals surface area contributed by atoms with Crippen molar-refractivity contribution in [3.05, 3.63) is 34.9 Å². The first kappa shape index (κ1) is 9.32. The Morgan fingerprint density at radius 2 is 2.00 bits per heavy atom. The van der Waals surface area contributed by atoms with Crippen molar-refractivity contribution in [3.8, 4) is 5.75 Å². The lowest BCUT2D eigenvalue weighted by Crippen LogP contribution is -2.02. The number of phenolic OH excluding ortho intramolecular Hbond substituents is 1. The van der Waals surface area contributed by atoms with Crippen molar-refractivity contribution in [2.45, 2.75) is 32.6 Å². The maximum Gasteiger partial charge on any atom is 0.119 e. The molecule has 1 aromatic carbocycles. The number of fused-ring (bicyclic) bond motifs is 1. The third-order valence-corrected chi connectivity index (χ3v) is 2.82. The van der Waals surface area contributed by atoms with Crippen LogP contribution in [0.5, 0.6) is 5.75 Å². The molecule has 0 fully saturated rings. The normalized spacial score (nSPS) is 15.8. The summed E-state index contributed by atoms with van der Waals surface area (Å²) in [4.78, 5) is 0. The van der Waals surface area contributed by atoms with Gasteiger partial charge in [0.1, 0.15) is 5.75 Å². The van der Waals surface area contributed by atoms with Gasteiger partial charge < -0.3 is 5.11 Å². The molecule has 0 radical (unpaired) electrons. The van der Waals surface area contributed by atoms with E-state index in [1.54, 1.807) is 0 Å². The molecule has 74 valence electrons. The van der Waals surface area contributed by atoms with Gasteiger partial charge in [0.15, 0.2) is 0 Å². The van der Waals surface area contributed by atoms with Gasteiger partial charge in [-0.1, -0.05) is 18.2 Å². The monoisotopic (exact) mass is 188 g/mol. The first-order chi connectivity index (χ1) is 6.81. The van der Waals surface area contributed by atoms with Crippen LogP contribution in [0.4, 0.5) is 0 Å². The molecule has 0 saturated carbocycles. The van der Waals surface area contributed by atoms with E-state index in [-0.39, 0.29) is 0 Å². The molecule has 1 heteroatoms. The smallest absolute Gasteiger partial charge is 0.119 e. The van der Waals surface area contributed by atoms with Gasteiger partial charge in [0.25, 0.3) is 0 Å². The minimum Gasteiger partial charge on any atom is -0.508 e. The Bertz CT molecular complexity index is 364. The van der Waals surface area contributed by atoms with Crippen molar-refractivity contribution >= 4 is 6.08 Å². The van der Waals surface area contributed by atoms with Crippen LogP contribution in [0.2, 0.25) is 0 Å². The van der Waals surface area contributed by atoms with Crippen molar-refractivity contribution in [1.29, 1.82) is 0 Å². The summed E-state index contributed by atoms with van der Waals surface area (Å²) in [6, 6.07) is 4.07. The van der Waals surface area contributed by atoms with Crippen LogP contribution in [0.25, 0.3) is 6.08 Å². The van der Waals surface area contributed by atoms with E-state index in [0.717, 1.165) is 18.4 Å². The van der Waals surface area contributed by atoms with Crippen molar-refractivity contribution in [3.63, 3.8) is 0 Å². The lowest BCUT2D eigenvalue weighted by molar-refractivity contribution is 0.462. The van der Waals surface area contributed by atoms with Crippen LogP contribution in [0.1, 0.15) is 36.5 Å². The molecule has 1 aromatic rings. The molecule has 0 amide bonds. The second-order valence-corrected chi connectivity index (χ2v) is 3.88. The van der Waals surface area contributed by atoms with Gasteiger partial charge in [0.05, 0.1) is 0 Å². The second kappa shape index (κ2) is 3.87. The van der Waals surface area contributed by atoms with Crippen molar-refractivity contribution in [2.75, 3.05) is 0 Å². The number of phenols is 1. The molecule has 0 aliphatic heterocycles. The minimum absolute atomic E-state index is 0.482. The van der Waals surface area contributed by atoms with Gasteiger partial charge in [-0.15, -0.1) is 0 Å². The minimum atomic E-state index is 0.482. The van der Waals surface area contributed by atoms with Crippen LogP contribution in [0, 0.1) is 0 Å². The Morgan fingerprint density at radius 3 is 2.79 bits per heavy atom. The van der Waals surface area contributed by atoms with Crippen LogP contribution in [0.15, 0.2) is 18.2 Å². The lowest BCUT2D eigenvalue weighted by Gasteiger charge is -2.17. The highest BCUT2D eigenvalue weighted by Gasteiger charge is 2.13. The number of hydrogen-bond donors (Lipinski definition) is 1. The number of aromatic hydroxyl groups is 1. The molecule has 0 heterocycles. The third-order valence-electron chi connectivity index (χ3n) is 2.82. The first-order valence-corrected chi connectivity index (χ1v) is 5.28. The summed E-state index contributed by atoms with van der Waals surface area (Å²) in [6.45, 7) is 2.00. The van der Waals surface area contributed by atoms with Crippen molar-refractivity contribution in [2.24, 2.45) is 0 Å². The summed E-state index contributed by atoms with van der Waals surface area (Å²) < 4.78 is 0. The molecule has 1 aliphatic carbocycles. The zero-order valence-corrected chi connectivity index (χ0v) is 8.59. The Labute approximate surface area is 85.1 Å². The highest BCUT2D eigenvalue weighted by Crippen LogP contribution is 2.30. The number of benzene rings is 1. The van der Waals surface area contributed by atoms with Crippen LogP contribution in [-0.4, -0.2) is 5.11 Å². The van der Waals surface area contributed by atoms with E-state index in [1.807, 2.05) is 25.1 Å². The van der Waals surface area contributed by atoms with E-state index in [2.05, 4.69) is 6.07 Å². The van der Waals surface area contributed by atoms with Gasteiger partial charge in [-0.3, -0.25) is 0 Å². The van der Waals surface area contributed by atoms with Gasteiger partial charge in [0.2, 0.25) is 0 Å². The van der Waals surface area contributed by atoms with Gasteiger partial charge in [-0.25, -0.2) is 0 Å². The fraction of sp³-hybridized carbons (Fsp3) is 0.385. The van der Waals surface area contributed by atoms with E-state index >= 15 is 0 Å². The predicted octanol–water partition coefficient (Wildman–Crippen LogP) is 3.30. The molecule has 0 saturated heterocycles. The highest BCUT2D eigenvalue weighted by atomic mass is 16.3. The maximum atomic E-state index is 9.83. The molecular weight excluding hydrogens is 172 g/mol. The average molecular weight is 188 g/mol. The molecule has 0 aromatic heterocycles. The lowest BCUT2D eigenvalue weighted by atomic mass is 9.89. The quantitative estimate of drug-likeness (QED) is 0.717. The molecule has 0 atom stereocenters. The summed E-state index contributed by atoms with van der Waals surface area (Å²) in [5, 5.41) is 9.83. The fourth-order valence-electron chi connectivity index (χ4n) is 2.16.